The molecule has 0 bridgehead atoms. The Balaban J connectivity index is 1.71. The van der Waals surface area contributed by atoms with Crippen molar-refractivity contribution in [3.8, 4) is 0 Å². The summed E-state index contributed by atoms with van der Waals surface area (Å²) < 4.78 is 5.55. The lowest BCUT2D eigenvalue weighted by Gasteiger charge is -2.37. The maximum atomic E-state index is 12.9. The molecule has 2 aromatic carbocycles. The van der Waals surface area contributed by atoms with Gasteiger partial charge in [0.15, 0.2) is 0 Å². The van der Waals surface area contributed by atoms with Crippen molar-refractivity contribution in [2.24, 2.45) is 5.11 Å². The van der Waals surface area contributed by atoms with Gasteiger partial charge in [-0.3, -0.25) is 0 Å². The van der Waals surface area contributed by atoms with E-state index in [0.717, 1.165) is 11.1 Å². The quantitative estimate of drug-likeness (QED) is 0.456. The third-order valence-corrected chi connectivity index (χ3v) is 5.03. The van der Waals surface area contributed by atoms with Gasteiger partial charge in [0.2, 0.25) is 0 Å². The fourth-order valence-corrected chi connectivity index (χ4v) is 3.52. The molecule has 1 N–H and O–H groups in total. The number of carbonyl (C=O) groups is 1. The average Bonchev–Trinajstić information content (AvgIpc) is 2.73. The number of azide groups is 1. The summed E-state index contributed by atoms with van der Waals surface area (Å²) in [5.41, 5.74) is 10.5. The van der Waals surface area contributed by atoms with Crippen molar-refractivity contribution >= 4 is 6.09 Å². The molecule has 28 heavy (non-hydrogen) atoms. The van der Waals surface area contributed by atoms with Gasteiger partial charge in [0, 0.05) is 17.5 Å². The normalized spacial score (nSPS) is 21.4. The summed E-state index contributed by atoms with van der Waals surface area (Å²) in [6.45, 7) is 0.597. The van der Waals surface area contributed by atoms with Gasteiger partial charge in [0.1, 0.15) is 6.61 Å². The molecule has 1 aliphatic carbocycles. The van der Waals surface area contributed by atoms with E-state index in [1.807, 2.05) is 60.7 Å². The summed E-state index contributed by atoms with van der Waals surface area (Å²) in [5, 5.41) is 14.0. The van der Waals surface area contributed by atoms with Crippen molar-refractivity contribution in [1.29, 1.82) is 0 Å². The summed E-state index contributed by atoms with van der Waals surface area (Å²) in [4.78, 5) is 17.4. The lowest BCUT2D eigenvalue weighted by atomic mass is 9.88. The lowest BCUT2D eigenvalue weighted by Crippen LogP contribution is -2.47. The Morgan fingerprint density at radius 2 is 1.75 bits per heavy atom. The van der Waals surface area contributed by atoms with Gasteiger partial charge in [-0.1, -0.05) is 65.8 Å². The number of aliphatic hydroxyl groups is 1. The van der Waals surface area contributed by atoms with Crippen LogP contribution in [0.2, 0.25) is 0 Å². The van der Waals surface area contributed by atoms with Gasteiger partial charge in [0.05, 0.1) is 12.1 Å². The van der Waals surface area contributed by atoms with Crippen molar-refractivity contribution < 1.29 is 14.6 Å². The highest BCUT2D eigenvalue weighted by Crippen LogP contribution is 2.27. The minimum Gasteiger partial charge on any atom is -0.445 e. The number of ether oxygens (including phenoxy) is 1. The first-order valence-corrected chi connectivity index (χ1v) is 9.41. The van der Waals surface area contributed by atoms with Crippen LogP contribution in [0.25, 0.3) is 10.4 Å². The van der Waals surface area contributed by atoms with Crippen LogP contribution in [0, 0.1) is 0 Å². The standard InChI is InChI=1S/C21H24N4O3/c22-24-23-19-12-11-18(13-20(19)26)25(14-16-7-3-1-4-8-16)21(27)28-15-17-9-5-2-6-10-17/h1-10,18-20,26H,11-15H2/t18-,19-,20-/m0/s1. The first-order chi connectivity index (χ1) is 13.7. The Labute approximate surface area is 164 Å². The van der Waals surface area contributed by atoms with Gasteiger partial charge in [0.25, 0.3) is 0 Å². The monoisotopic (exact) mass is 380 g/mol. The Kier molecular flexibility index (Phi) is 6.89. The zero-order valence-corrected chi connectivity index (χ0v) is 15.6. The van der Waals surface area contributed by atoms with Gasteiger partial charge < -0.3 is 14.7 Å². The minimum absolute atomic E-state index is 0.177. The fraction of sp³-hybridized carbons (Fsp3) is 0.381. The predicted octanol–water partition coefficient (Wildman–Crippen LogP) is 4.42. The van der Waals surface area contributed by atoms with E-state index in [-0.39, 0.29) is 12.6 Å². The molecule has 0 heterocycles. The molecule has 0 radical (unpaired) electrons. The van der Waals surface area contributed by atoms with E-state index >= 15 is 0 Å². The molecular weight excluding hydrogens is 356 g/mol. The summed E-state index contributed by atoms with van der Waals surface area (Å²) in [6.07, 6.45) is 0.361. The van der Waals surface area contributed by atoms with Gasteiger partial charge in [-0.25, -0.2) is 4.79 Å². The Morgan fingerprint density at radius 1 is 1.11 bits per heavy atom. The number of aliphatic hydroxyl groups excluding tert-OH is 1. The zero-order valence-electron chi connectivity index (χ0n) is 15.6. The van der Waals surface area contributed by atoms with Crippen LogP contribution in [0.15, 0.2) is 65.8 Å². The highest BCUT2D eigenvalue weighted by molar-refractivity contribution is 5.68. The molecule has 1 amide bonds. The first kappa shape index (κ1) is 19.7. The van der Waals surface area contributed by atoms with Crippen LogP contribution >= 0.6 is 0 Å². The molecule has 7 heteroatoms. The second-order valence-electron chi connectivity index (χ2n) is 6.96. The molecule has 0 spiro atoms. The highest BCUT2D eigenvalue weighted by Gasteiger charge is 2.34. The molecule has 1 fully saturated rings. The first-order valence-electron chi connectivity index (χ1n) is 9.41. The molecule has 146 valence electrons. The van der Waals surface area contributed by atoms with Crippen LogP contribution < -0.4 is 0 Å². The number of rotatable bonds is 6. The van der Waals surface area contributed by atoms with Crippen molar-refractivity contribution in [2.45, 2.75) is 50.6 Å². The van der Waals surface area contributed by atoms with E-state index in [4.69, 9.17) is 10.3 Å². The molecule has 0 unspecified atom stereocenters. The van der Waals surface area contributed by atoms with Crippen LogP contribution in [-0.2, 0) is 17.9 Å². The van der Waals surface area contributed by atoms with Crippen LogP contribution in [0.1, 0.15) is 30.4 Å². The lowest BCUT2D eigenvalue weighted by molar-refractivity contribution is 0.0307. The number of amides is 1. The van der Waals surface area contributed by atoms with Gasteiger partial charge in [-0.2, -0.15) is 0 Å². The Bertz CT molecular complexity index is 809. The Morgan fingerprint density at radius 3 is 2.36 bits per heavy atom. The zero-order chi connectivity index (χ0) is 19.8. The van der Waals surface area contributed by atoms with Crippen LogP contribution in [0.3, 0.4) is 0 Å². The molecule has 1 saturated carbocycles. The van der Waals surface area contributed by atoms with Crippen LogP contribution in [-0.4, -0.2) is 34.3 Å². The number of benzene rings is 2. The summed E-state index contributed by atoms with van der Waals surface area (Å²) in [7, 11) is 0. The molecular formula is C21H24N4O3. The second-order valence-corrected chi connectivity index (χ2v) is 6.96. The highest BCUT2D eigenvalue weighted by atomic mass is 16.6. The molecule has 0 aliphatic heterocycles. The average molecular weight is 380 g/mol. The van der Waals surface area contributed by atoms with E-state index in [9.17, 15) is 9.90 Å². The van der Waals surface area contributed by atoms with E-state index in [0.29, 0.717) is 25.8 Å². The smallest absolute Gasteiger partial charge is 0.410 e. The van der Waals surface area contributed by atoms with Crippen LogP contribution in [0.5, 0.6) is 0 Å². The molecule has 3 atom stereocenters. The van der Waals surface area contributed by atoms with Crippen molar-refractivity contribution in [3.05, 3.63) is 82.2 Å². The number of carbonyl (C=O) groups excluding carboxylic acids is 1. The van der Waals surface area contributed by atoms with Gasteiger partial charge >= 0.3 is 6.09 Å². The largest absolute Gasteiger partial charge is 0.445 e. The maximum absolute atomic E-state index is 12.9. The molecule has 1 aliphatic rings. The summed E-state index contributed by atoms with van der Waals surface area (Å²) in [5.74, 6) is 0. The third kappa shape index (κ3) is 5.25. The van der Waals surface area contributed by atoms with E-state index in [1.165, 1.54) is 0 Å². The SMILES string of the molecule is [N-]=[N+]=N[C@H]1CC[C@H](N(Cc2ccccc2)C(=O)OCc2ccccc2)C[C@@H]1O. The number of hydrogen-bond acceptors (Lipinski definition) is 4. The summed E-state index contributed by atoms with van der Waals surface area (Å²) >= 11 is 0. The van der Waals surface area contributed by atoms with Crippen LogP contribution in [0.4, 0.5) is 4.79 Å². The van der Waals surface area contributed by atoms with E-state index in [1.54, 1.807) is 4.90 Å². The van der Waals surface area contributed by atoms with Gasteiger partial charge in [-0.05, 0) is 35.9 Å². The number of hydrogen-bond donors (Lipinski definition) is 1. The minimum atomic E-state index is -0.769. The summed E-state index contributed by atoms with van der Waals surface area (Å²) in [6, 6.07) is 18.6. The third-order valence-electron chi connectivity index (χ3n) is 5.03. The molecule has 3 rings (SSSR count). The second kappa shape index (κ2) is 9.78. The van der Waals surface area contributed by atoms with Crippen molar-refractivity contribution in [1.82, 2.24) is 4.90 Å². The van der Waals surface area contributed by atoms with Crippen molar-refractivity contribution in [3.63, 3.8) is 0 Å². The fourth-order valence-electron chi connectivity index (χ4n) is 3.52. The topological polar surface area (TPSA) is 98.5 Å². The molecule has 7 nitrogen and oxygen atoms in total. The molecule has 0 aromatic heterocycles. The predicted molar refractivity (Wildman–Crippen MR) is 105 cm³/mol. The maximum Gasteiger partial charge on any atom is 0.410 e. The van der Waals surface area contributed by atoms with E-state index < -0.39 is 18.2 Å². The van der Waals surface area contributed by atoms with E-state index in [2.05, 4.69) is 10.0 Å². The van der Waals surface area contributed by atoms with Crippen molar-refractivity contribution in [2.75, 3.05) is 0 Å². The molecule has 2 aromatic rings. The molecule has 0 saturated heterocycles. The van der Waals surface area contributed by atoms with Gasteiger partial charge in [-0.15, -0.1) is 0 Å². The Hall–Kier alpha value is -3.02. The number of nitrogens with zero attached hydrogens (tertiary/aromatic N) is 4.